The Bertz CT molecular complexity index is 1680. The highest BCUT2D eigenvalue weighted by atomic mass is 19.4. The second-order valence-electron chi connectivity index (χ2n) is 9.55. The van der Waals surface area contributed by atoms with E-state index < -0.39 is 17.3 Å². The lowest BCUT2D eigenvalue weighted by atomic mass is 9.76. The van der Waals surface area contributed by atoms with Gasteiger partial charge in [-0.05, 0) is 39.9 Å². The Morgan fingerprint density at radius 1 is 0.650 bits per heavy atom. The number of aromatic nitrogens is 2. The molecular formula is C34H23F3N2O. The first-order valence-corrected chi connectivity index (χ1v) is 12.7. The van der Waals surface area contributed by atoms with Gasteiger partial charge in [-0.2, -0.15) is 13.2 Å². The summed E-state index contributed by atoms with van der Waals surface area (Å²) in [5.41, 5.74) is 2.39. The number of aldehydes is 1. The van der Waals surface area contributed by atoms with Crippen LogP contribution in [0.1, 0.15) is 32.6 Å². The largest absolute Gasteiger partial charge is 0.417 e. The molecule has 5 aromatic carbocycles. The minimum absolute atomic E-state index is 0.00688. The van der Waals surface area contributed by atoms with Crippen molar-refractivity contribution in [2.45, 2.75) is 11.7 Å². The quantitative estimate of drug-likeness (QED) is 0.160. The van der Waals surface area contributed by atoms with Crippen molar-refractivity contribution in [2.24, 2.45) is 0 Å². The Labute approximate surface area is 229 Å². The number of fused-ring (bicyclic) bond motifs is 1. The first kappa shape index (κ1) is 25.3. The highest BCUT2D eigenvalue weighted by molar-refractivity contribution is 5.86. The standard InChI is InChI=1S/C34H23F3N2O/c35-34(36,37)30-21-32-31(20-29(30)25-18-16-24(22-40)17-19-25)38-23-39(32)33(26-10-4-1-5-11-26,27-12-6-2-7-13-27)28-14-8-3-9-15-28/h1-23H. The van der Waals surface area contributed by atoms with Crippen LogP contribution in [0.3, 0.4) is 0 Å². The van der Waals surface area contributed by atoms with Crippen molar-refractivity contribution in [3.63, 3.8) is 0 Å². The molecular weight excluding hydrogens is 509 g/mol. The van der Waals surface area contributed by atoms with Crippen LogP contribution in [0.25, 0.3) is 22.2 Å². The van der Waals surface area contributed by atoms with E-state index in [1.807, 2.05) is 95.6 Å². The second-order valence-corrected chi connectivity index (χ2v) is 9.55. The summed E-state index contributed by atoms with van der Waals surface area (Å²) in [6.45, 7) is 0. The minimum atomic E-state index is -4.63. The maximum Gasteiger partial charge on any atom is 0.417 e. The third-order valence-corrected chi connectivity index (χ3v) is 7.29. The maximum absolute atomic E-state index is 14.6. The monoisotopic (exact) mass is 532 g/mol. The van der Waals surface area contributed by atoms with Crippen LogP contribution in [-0.2, 0) is 11.7 Å². The van der Waals surface area contributed by atoms with E-state index in [4.69, 9.17) is 0 Å². The number of imidazole rings is 1. The average Bonchev–Trinajstić information content (AvgIpc) is 3.42. The molecule has 0 saturated heterocycles. The van der Waals surface area contributed by atoms with Crippen LogP contribution < -0.4 is 0 Å². The fourth-order valence-corrected chi connectivity index (χ4v) is 5.49. The molecule has 0 bridgehead atoms. The lowest BCUT2D eigenvalue weighted by Crippen LogP contribution is -2.37. The predicted molar refractivity (Wildman–Crippen MR) is 150 cm³/mol. The van der Waals surface area contributed by atoms with Crippen LogP contribution in [0.15, 0.2) is 134 Å². The Kier molecular flexibility index (Phi) is 6.31. The van der Waals surface area contributed by atoms with Gasteiger partial charge in [-0.15, -0.1) is 0 Å². The zero-order valence-corrected chi connectivity index (χ0v) is 21.2. The van der Waals surface area contributed by atoms with Crippen LogP contribution in [0.4, 0.5) is 13.2 Å². The van der Waals surface area contributed by atoms with Crippen LogP contribution in [-0.4, -0.2) is 15.8 Å². The van der Waals surface area contributed by atoms with E-state index in [1.165, 1.54) is 36.4 Å². The second kappa shape index (κ2) is 9.97. The van der Waals surface area contributed by atoms with Gasteiger partial charge in [0.2, 0.25) is 0 Å². The molecule has 0 amide bonds. The molecule has 0 fully saturated rings. The van der Waals surface area contributed by atoms with Crippen LogP contribution in [0.5, 0.6) is 0 Å². The van der Waals surface area contributed by atoms with Crippen molar-refractivity contribution in [1.82, 2.24) is 9.55 Å². The zero-order valence-electron chi connectivity index (χ0n) is 21.2. The van der Waals surface area contributed by atoms with Crippen molar-refractivity contribution in [1.29, 1.82) is 0 Å². The number of nitrogens with zero attached hydrogens (tertiary/aromatic N) is 2. The molecule has 6 aromatic rings. The van der Waals surface area contributed by atoms with E-state index in [9.17, 15) is 18.0 Å². The molecule has 0 aliphatic carbocycles. The van der Waals surface area contributed by atoms with Crippen LogP contribution in [0.2, 0.25) is 0 Å². The van der Waals surface area contributed by atoms with Gasteiger partial charge in [0, 0.05) is 5.56 Å². The van der Waals surface area contributed by atoms with Crippen LogP contribution in [0, 0.1) is 0 Å². The van der Waals surface area contributed by atoms with Gasteiger partial charge in [-0.1, -0.05) is 115 Å². The Hall–Kier alpha value is -4.97. The summed E-state index contributed by atoms with van der Waals surface area (Å²) in [5, 5.41) is 0. The first-order chi connectivity index (χ1) is 19.4. The lowest BCUT2D eigenvalue weighted by Gasteiger charge is -2.38. The minimum Gasteiger partial charge on any atom is -0.312 e. The molecule has 0 spiro atoms. The number of hydrogen-bond acceptors (Lipinski definition) is 2. The summed E-state index contributed by atoms with van der Waals surface area (Å²) < 4.78 is 45.7. The summed E-state index contributed by atoms with van der Waals surface area (Å²) in [7, 11) is 0. The maximum atomic E-state index is 14.6. The summed E-state index contributed by atoms with van der Waals surface area (Å²) in [4.78, 5) is 15.8. The Balaban J connectivity index is 1.71. The fraction of sp³-hybridized carbons (Fsp3) is 0.0588. The third-order valence-electron chi connectivity index (χ3n) is 7.29. The lowest BCUT2D eigenvalue weighted by molar-refractivity contribution is -0.137. The predicted octanol–water partition coefficient (Wildman–Crippen LogP) is 8.37. The SMILES string of the molecule is O=Cc1ccc(-c2cc3ncn(C(c4ccccc4)(c4ccccc4)c4ccccc4)c3cc2C(F)(F)F)cc1. The molecule has 6 rings (SSSR count). The number of alkyl halides is 3. The summed E-state index contributed by atoms with van der Waals surface area (Å²) in [6.07, 6.45) is -2.34. The number of rotatable bonds is 6. The van der Waals surface area contributed by atoms with Crippen molar-refractivity contribution < 1.29 is 18.0 Å². The molecule has 3 nitrogen and oxygen atoms in total. The van der Waals surface area contributed by atoms with E-state index >= 15 is 0 Å². The van der Waals surface area contributed by atoms with E-state index in [0.29, 0.717) is 28.4 Å². The van der Waals surface area contributed by atoms with E-state index in [-0.39, 0.29) is 5.56 Å². The molecule has 0 unspecified atom stereocenters. The topological polar surface area (TPSA) is 34.9 Å². The molecule has 1 aromatic heterocycles. The molecule has 6 heteroatoms. The van der Waals surface area contributed by atoms with Crippen LogP contribution >= 0.6 is 0 Å². The molecule has 0 radical (unpaired) electrons. The summed E-state index contributed by atoms with van der Waals surface area (Å²) >= 11 is 0. The molecule has 40 heavy (non-hydrogen) atoms. The van der Waals surface area contributed by atoms with E-state index in [2.05, 4.69) is 4.98 Å². The number of carbonyl (C=O) groups is 1. The van der Waals surface area contributed by atoms with E-state index in [1.54, 1.807) is 6.33 Å². The highest BCUT2D eigenvalue weighted by Crippen LogP contribution is 2.45. The Morgan fingerprint density at radius 2 is 1.15 bits per heavy atom. The van der Waals surface area contributed by atoms with Gasteiger partial charge in [-0.25, -0.2) is 4.98 Å². The summed E-state index contributed by atoms with van der Waals surface area (Å²) in [5.74, 6) is 0. The molecule has 1 heterocycles. The van der Waals surface area contributed by atoms with Crippen molar-refractivity contribution in [3.8, 4) is 11.1 Å². The number of carbonyl (C=O) groups excluding carboxylic acids is 1. The Morgan fingerprint density at radius 3 is 1.60 bits per heavy atom. The normalized spacial score (nSPS) is 12.0. The first-order valence-electron chi connectivity index (χ1n) is 12.7. The smallest absolute Gasteiger partial charge is 0.312 e. The van der Waals surface area contributed by atoms with Crippen molar-refractivity contribution in [3.05, 3.63) is 162 Å². The summed E-state index contributed by atoms with van der Waals surface area (Å²) in [6, 6.07) is 38.0. The molecule has 0 N–H and O–H groups in total. The number of hydrogen-bond donors (Lipinski definition) is 0. The van der Waals surface area contributed by atoms with Gasteiger partial charge < -0.3 is 4.57 Å². The molecule has 0 aliphatic rings. The molecule has 196 valence electrons. The molecule has 0 atom stereocenters. The van der Waals surface area contributed by atoms with Gasteiger partial charge >= 0.3 is 6.18 Å². The molecule has 0 aliphatic heterocycles. The van der Waals surface area contributed by atoms with Gasteiger partial charge in [-0.3, -0.25) is 4.79 Å². The number of halogens is 3. The average molecular weight is 533 g/mol. The highest BCUT2D eigenvalue weighted by Gasteiger charge is 2.41. The van der Waals surface area contributed by atoms with E-state index in [0.717, 1.165) is 16.7 Å². The van der Waals surface area contributed by atoms with Gasteiger partial charge in [0.25, 0.3) is 0 Å². The molecule has 0 saturated carbocycles. The number of benzene rings is 5. The van der Waals surface area contributed by atoms with Crippen molar-refractivity contribution >= 4 is 17.3 Å². The fourth-order valence-electron chi connectivity index (χ4n) is 5.49. The van der Waals surface area contributed by atoms with Gasteiger partial charge in [0.15, 0.2) is 0 Å². The zero-order chi connectivity index (χ0) is 27.7. The van der Waals surface area contributed by atoms with Gasteiger partial charge in [0.05, 0.1) is 22.9 Å². The third kappa shape index (κ3) is 4.18. The van der Waals surface area contributed by atoms with Crippen molar-refractivity contribution in [2.75, 3.05) is 0 Å². The van der Waals surface area contributed by atoms with Gasteiger partial charge in [0.1, 0.15) is 11.8 Å².